The van der Waals surface area contributed by atoms with Crippen molar-refractivity contribution >= 4 is 37.7 Å². The van der Waals surface area contributed by atoms with Crippen LogP contribution in [0.3, 0.4) is 0 Å². The second kappa shape index (κ2) is 22.5. The minimum atomic E-state index is 0. The van der Waals surface area contributed by atoms with Gasteiger partial charge in [-0.2, -0.15) is 0 Å². The van der Waals surface area contributed by atoms with Gasteiger partial charge in [0.1, 0.15) is 0 Å². The summed E-state index contributed by atoms with van der Waals surface area (Å²) >= 11 is 0. The van der Waals surface area contributed by atoms with Crippen molar-refractivity contribution in [2.45, 2.75) is 110 Å². The van der Waals surface area contributed by atoms with E-state index in [1.54, 1.807) is 0 Å². The molecule has 0 radical (unpaired) electrons. The van der Waals surface area contributed by atoms with Crippen molar-refractivity contribution in [3.8, 4) is 0 Å². The fourth-order valence-electron chi connectivity index (χ4n) is 2.69. The van der Waals surface area contributed by atoms with Gasteiger partial charge in [0.25, 0.3) is 0 Å². The van der Waals surface area contributed by atoms with Gasteiger partial charge in [0, 0.05) is 0 Å². The molecule has 0 spiro atoms. The quantitative estimate of drug-likeness (QED) is 0.272. The van der Waals surface area contributed by atoms with Gasteiger partial charge in [-0.3, -0.25) is 0 Å². The monoisotopic (exact) mass is 311 g/mol. The summed E-state index contributed by atoms with van der Waals surface area (Å²) < 4.78 is 0. The Labute approximate surface area is 161 Å². The number of rotatable bonds is 16. The summed E-state index contributed by atoms with van der Waals surface area (Å²) in [4.78, 5) is 0. The van der Waals surface area contributed by atoms with E-state index in [9.17, 15) is 0 Å². The molecule has 0 atom stereocenters. The summed E-state index contributed by atoms with van der Waals surface area (Å²) in [6, 6.07) is 0. The fraction of sp³-hybridized carbons (Fsp3) is 1.00. The summed E-state index contributed by atoms with van der Waals surface area (Å²) in [5, 5.41) is 0. The molecule has 2 heteroatoms. The van der Waals surface area contributed by atoms with E-state index in [0.717, 1.165) is 6.54 Å². The van der Waals surface area contributed by atoms with E-state index in [0.29, 0.717) is 0 Å². The van der Waals surface area contributed by atoms with Crippen LogP contribution in [0, 0.1) is 0 Å². The fourth-order valence-corrected chi connectivity index (χ4v) is 2.69. The Morgan fingerprint density at radius 2 is 0.750 bits per heavy atom. The number of hydrogen-bond acceptors (Lipinski definition) is 1. The van der Waals surface area contributed by atoms with Gasteiger partial charge in [-0.1, -0.05) is 103 Å². The Morgan fingerprint density at radius 1 is 0.500 bits per heavy atom. The van der Waals surface area contributed by atoms with Gasteiger partial charge in [0.2, 0.25) is 0 Å². The van der Waals surface area contributed by atoms with Gasteiger partial charge in [0.05, 0.1) is 0 Å². The van der Waals surface area contributed by atoms with Crippen molar-refractivity contribution in [2.24, 2.45) is 5.73 Å². The molecule has 20 heavy (non-hydrogen) atoms. The second-order valence-electron chi connectivity index (χ2n) is 6.09. The topological polar surface area (TPSA) is 26.0 Å². The van der Waals surface area contributed by atoms with Crippen LogP contribution in [0.1, 0.15) is 113 Å². The smallest absolute Gasteiger partial charge is 1.00 e. The van der Waals surface area contributed by atoms with Crippen LogP contribution in [0.5, 0.6) is 0 Å². The molecule has 120 valence electrons. The van der Waals surface area contributed by atoms with Crippen LogP contribution >= 0.6 is 0 Å². The third-order valence-corrected chi connectivity index (χ3v) is 4.06. The first-order valence-corrected chi connectivity index (χ1v) is 9.12. The molecule has 0 bridgehead atoms. The van der Waals surface area contributed by atoms with E-state index < -0.39 is 0 Å². The van der Waals surface area contributed by atoms with Gasteiger partial charge in [-0.15, -0.1) is 0 Å². The summed E-state index contributed by atoms with van der Waals surface area (Å²) in [6.07, 6.45) is 22.9. The zero-order chi connectivity index (χ0) is 14.0. The van der Waals surface area contributed by atoms with E-state index >= 15 is 0 Å². The van der Waals surface area contributed by atoms with Crippen molar-refractivity contribution in [1.82, 2.24) is 0 Å². The van der Waals surface area contributed by atoms with Crippen molar-refractivity contribution in [3.63, 3.8) is 0 Å². The summed E-state index contributed by atoms with van der Waals surface area (Å²) in [6.45, 7) is 3.16. The van der Waals surface area contributed by atoms with Crippen LogP contribution in [-0.2, 0) is 0 Å². The first-order valence-electron chi connectivity index (χ1n) is 9.12. The number of nitrogens with two attached hydrogens (primary N) is 1. The molecule has 0 amide bonds. The Balaban J connectivity index is -0.000000540. The summed E-state index contributed by atoms with van der Waals surface area (Å²) in [7, 11) is 0. The van der Waals surface area contributed by atoms with Crippen molar-refractivity contribution < 1.29 is 2.85 Å². The molecule has 0 aliphatic carbocycles. The predicted molar refractivity (Wildman–Crippen MR) is 96.6 cm³/mol. The molecular formula is C18H41CaN. The van der Waals surface area contributed by atoms with E-state index in [1.807, 2.05) is 0 Å². The zero-order valence-corrected chi connectivity index (χ0v) is 16.5. The molecule has 0 aromatic rings. The van der Waals surface area contributed by atoms with Crippen LogP contribution < -0.4 is 5.73 Å². The minimum Gasteiger partial charge on any atom is -1.00 e. The molecule has 0 rings (SSSR count). The van der Waals surface area contributed by atoms with Gasteiger partial charge < -0.3 is 8.59 Å². The largest absolute Gasteiger partial charge is 2.00 e. The minimum absolute atomic E-state index is 0. The van der Waals surface area contributed by atoms with Gasteiger partial charge >= 0.3 is 37.7 Å². The molecule has 2 N–H and O–H groups in total. The second-order valence-corrected chi connectivity index (χ2v) is 6.09. The Kier molecular flexibility index (Phi) is 26.4. The predicted octanol–water partition coefficient (Wildman–Crippen LogP) is 6.05. The van der Waals surface area contributed by atoms with E-state index in [1.165, 1.54) is 103 Å². The Hall–Kier alpha value is 1.22. The van der Waals surface area contributed by atoms with Crippen molar-refractivity contribution in [2.75, 3.05) is 6.54 Å². The molecule has 0 aliphatic heterocycles. The third kappa shape index (κ3) is 21.5. The van der Waals surface area contributed by atoms with Crippen LogP contribution in [0.2, 0.25) is 0 Å². The average Bonchev–Trinajstić information content (AvgIpc) is 2.43. The molecular weight excluding hydrogens is 270 g/mol. The maximum atomic E-state index is 5.48. The Morgan fingerprint density at radius 3 is 1.00 bits per heavy atom. The van der Waals surface area contributed by atoms with E-state index in [2.05, 4.69) is 6.92 Å². The van der Waals surface area contributed by atoms with Crippen molar-refractivity contribution in [3.05, 3.63) is 0 Å². The zero-order valence-electron chi connectivity index (χ0n) is 16.3. The number of hydrogen-bond donors (Lipinski definition) is 1. The molecule has 0 fully saturated rings. The molecule has 1 nitrogen and oxygen atoms in total. The van der Waals surface area contributed by atoms with Gasteiger partial charge in [0.15, 0.2) is 0 Å². The molecule has 0 aromatic heterocycles. The molecule has 0 aliphatic rings. The molecule has 0 heterocycles. The molecule has 0 aromatic carbocycles. The first kappa shape index (κ1) is 23.5. The van der Waals surface area contributed by atoms with Crippen LogP contribution in [0.4, 0.5) is 0 Å². The van der Waals surface area contributed by atoms with Crippen LogP contribution in [0.15, 0.2) is 0 Å². The maximum absolute atomic E-state index is 5.48. The molecule has 0 saturated carbocycles. The number of unbranched alkanes of at least 4 members (excludes halogenated alkanes) is 15. The molecule has 0 unspecified atom stereocenters. The average molecular weight is 312 g/mol. The summed E-state index contributed by atoms with van der Waals surface area (Å²) in [5.41, 5.74) is 5.48. The summed E-state index contributed by atoms with van der Waals surface area (Å²) in [5.74, 6) is 0. The van der Waals surface area contributed by atoms with Crippen LogP contribution in [0.25, 0.3) is 0 Å². The van der Waals surface area contributed by atoms with Gasteiger partial charge in [-0.05, 0) is 13.0 Å². The normalized spacial score (nSPS) is 10.5. The standard InChI is InChI=1S/C18H39N.Ca.2H/c1-2-3-4-5-6-7-8-9-10-11-12-13-14-15-16-17-18-19;;;/h2-19H2,1H3;;;/q;+2;2*-1. The Bertz CT molecular complexity index is 144. The molecule has 0 saturated heterocycles. The SMILES string of the molecule is CCCCCCCCCCCCCCCCCCN.[Ca+2].[H-].[H-]. The van der Waals surface area contributed by atoms with Crippen molar-refractivity contribution in [1.29, 1.82) is 0 Å². The van der Waals surface area contributed by atoms with E-state index in [-0.39, 0.29) is 40.6 Å². The first-order chi connectivity index (χ1) is 9.41. The van der Waals surface area contributed by atoms with Gasteiger partial charge in [-0.25, -0.2) is 0 Å². The van der Waals surface area contributed by atoms with E-state index in [4.69, 9.17) is 5.73 Å². The van der Waals surface area contributed by atoms with Crippen LogP contribution in [-0.4, -0.2) is 44.3 Å². The third-order valence-electron chi connectivity index (χ3n) is 4.06. The maximum Gasteiger partial charge on any atom is 2.00 e.